The van der Waals surface area contributed by atoms with Gasteiger partial charge in [0.1, 0.15) is 6.04 Å². The van der Waals surface area contributed by atoms with Crippen molar-refractivity contribution < 1.29 is 14.6 Å². The van der Waals surface area contributed by atoms with Crippen molar-refractivity contribution in [3.63, 3.8) is 0 Å². The molecule has 0 amide bonds. The molecule has 2 fully saturated rings. The van der Waals surface area contributed by atoms with Gasteiger partial charge in [0.15, 0.2) is 0 Å². The second kappa shape index (κ2) is 2.71. The van der Waals surface area contributed by atoms with Crippen LogP contribution in [0, 0.1) is 5.41 Å². The molecular weight excluding hydrogens is 158 g/mol. The van der Waals surface area contributed by atoms with Crippen LogP contribution in [0.25, 0.3) is 0 Å². The zero-order valence-corrected chi connectivity index (χ0v) is 6.88. The summed E-state index contributed by atoms with van der Waals surface area (Å²) >= 11 is 0. The summed E-state index contributed by atoms with van der Waals surface area (Å²) in [5.41, 5.74) is 0.00405. The molecule has 4 heteroatoms. The number of rotatable bonds is 1. The fraction of sp³-hybridized carbons (Fsp3) is 0.875. The molecule has 2 saturated heterocycles. The number of aliphatic carboxylic acids is 1. The Hall–Kier alpha value is -0.610. The van der Waals surface area contributed by atoms with Gasteiger partial charge in [-0.15, -0.1) is 0 Å². The molecule has 0 aromatic carbocycles. The highest BCUT2D eigenvalue weighted by atomic mass is 16.5. The number of carbonyl (C=O) groups is 1. The molecule has 2 rings (SSSR count). The molecule has 2 heterocycles. The third-order valence-electron chi connectivity index (χ3n) is 3.01. The smallest absolute Gasteiger partial charge is 0.321 e. The summed E-state index contributed by atoms with van der Waals surface area (Å²) in [6.07, 6.45) is 1.77. The summed E-state index contributed by atoms with van der Waals surface area (Å²) in [6, 6.07) is -0.332. The molecule has 0 radical (unpaired) electrons. The van der Waals surface area contributed by atoms with E-state index in [4.69, 9.17) is 9.84 Å². The maximum absolute atomic E-state index is 10.8. The summed E-state index contributed by atoms with van der Waals surface area (Å²) in [5, 5.41) is 11.8. The molecule has 0 unspecified atom stereocenters. The minimum absolute atomic E-state index is 0.00405. The van der Waals surface area contributed by atoms with Gasteiger partial charge in [-0.3, -0.25) is 4.79 Å². The van der Waals surface area contributed by atoms with Gasteiger partial charge >= 0.3 is 5.97 Å². The average Bonchev–Trinajstić information content (AvgIpc) is 2.03. The zero-order chi connectivity index (χ0) is 8.60. The van der Waals surface area contributed by atoms with Crippen molar-refractivity contribution in [3.8, 4) is 0 Å². The van der Waals surface area contributed by atoms with Gasteiger partial charge in [0, 0.05) is 25.2 Å². The van der Waals surface area contributed by atoms with E-state index in [9.17, 15) is 4.79 Å². The third kappa shape index (κ3) is 1.03. The molecule has 2 N–H and O–H groups in total. The normalized spacial score (nSPS) is 32.8. The van der Waals surface area contributed by atoms with Crippen molar-refractivity contribution >= 4 is 5.97 Å². The van der Waals surface area contributed by atoms with Crippen molar-refractivity contribution in [2.75, 3.05) is 19.8 Å². The fourth-order valence-electron chi connectivity index (χ4n) is 2.09. The van der Waals surface area contributed by atoms with Gasteiger partial charge in [0.2, 0.25) is 0 Å². The van der Waals surface area contributed by atoms with Crippen LogP contribution in [0.3, 0.4) is 0 Å². The highest BCUT2D eigenvalue weighted by Gasteiger charge is 2.51. The van der Waals surface area contributed by atoms with Gasteiger partial charge in [-0.1, -0.05) is 0 Å². The molecule has 4 nitrogen and oxygen atoms in total. The highest BCUT2D eigenvalue weighted by Crippen LogP contribution is 2.39. The SMILES string of the molecule is O=C(O)[C@@H]1NCC12CCOCC2. The van der Waals surface area contributed by atoms with Gasteiger partial charge in [0.05, 0.1) is 0 Å². The van der Waals surface area contributed by atoms with E-state index in [1.165, 1.54) is 0 Å². The first-order chi connectivity index (χ1) is 5.75. The largest absolute Gasteiger partial charge is 0.480 e. The molecule has 2 aliphatic rings. The maximum Gasteiger partial charge on any atom is 0.321 e. The first kappa shape index (κ1) is 8.01. The van der Waals surface area contributed by atoms with Crippen LogP contribution >= 0.6 is 0 Å². The molecule has 0 aromatic heterocycles. The molecule has 1 spiro atoms. The van der Waals surface area contributed by atoms with Crippen LogP contribution < -0.4 is 5.32 Å². The van der Waals surface area contributed by atoms with Crippen molar-refractivity contribution in [1.82, 2.24) is 5.32 Å². The van der Waals surface area contributed by atoms with Crippen LogP contribution in [0.5, 0.6) is 0 Å². The Balaban J connectivity index is 2.05. The Kier molecular flexibility index (Phi) is 1.81. The van der Waals surface area contributed by atoms with Gasteiger partial charge in [0.25, 0.3) is 0 Å². The Morgan fingerprint density at radius 1 is 1.50 bits per heavy atom. The predicted octanol–water partition coefficient (Wildman–Crippen LogP) is -0.160. The van der Waals surface area contributed by atoms with Gasteiger partial charge in [-0.05, 0) is 12.8 Å². The summed E-state index contributed by atoms with van der Waals surface area (Å²) in [7, 11) is 0. The summed E-state index contributed by atoms with van der Waals surface area (Å²) < 4.78 is 5.21. The van der Waals surface area contributed by atoms with Crippen molar-refractivity contribution in [2.24, 2.45) is 5.41 Å². The zero-order valence-electron chi connectivity index (χ0n) is 6.88. The Morgan fingerprint density at radius 2 is 2.17 bits per heavy atom. The standard InChI is InChI=1S/C8H13NO3/c10-7(11)6-8(5-9-6)1-3-12-4-2-8/h6,9H,1-5H2,(H,10,11)/t6-/m0/s1. The maximum atomic E-state index is 10.8. The Labute approximate surface area is 70.9 Å². The highest BCUT2D eigenvalue weighted by molar-refractivity contribution is 5.76. The molecule has 2 aliphatic heterocycles. The summed E-state index contributed by atoms with van der Waals surface area (Å²) in [4.78, 5) is 10.8. The lowest BCUT2D eigenvalue weighted by atomic mass is 9.68. The number of nitrogens with one attached hydrogen (secondary N) is 1. The molecule has 0 aromatic rings. The topological polar surface area (TPSA) is 58.6 Å². The monoisotopic (exact) mass is 171 g/mol. The molecule has 1 atom stereocenters. The molecule has 12 heavy (non-hydrogen) atoms. The first-order valence-electron chi connectivity index (χ1n) is 4.29. The van der Waals surface area contributed by atoms with Crippen LogP contribution in [0.1, 0.15) is 12.8 Å². The van der Waals surface area contributed by atoms with Crippen LogP contribution in [0.4, 0.5) is 0 Å². The summed E-state index contributed by atoms with van der Waals surface area (Å²) in [6.45, 7) is 2.27. The Morgan fingerprint density at radius 3 is 2.58 bits per heavy atom. The lowest BCUT2D eigenvalue weighted by Gasteiger charge is -2.50. The quantitative estimate of drug-likeness (QED) is 0.575. The number of ether oxygens (including phenoxy) is 1. The molecule has 0 saturated carbocycles. The fourth-order valence-corrected chi connectivity index (χ4v) is 2.09. The molecule has 0 aliphatic carbocycles. The van der Waals surface area contributed by atoms with E-state index in [1.54, 1.807) is 0 Å². The van der Waals surface area contributed by atoms with Gasteiger partial charge in [-0.25, -0.2) is 0 Å². The van der Waals surface area contributed by atoms with Crippen molar-refractivity contribution in [1.29, 1.82) is 0 Å². The van der Waals surface area contributed by atoms with E-state index in [1.807, 2.05) is 0 Å². The lowest BCUT2D eigenvalue weighted by Crippen LogP contribution is -2.67. The van der Waals surface area contributed by atoms with Crippen LogP contribution in [0.2, 0.25) is 0 Å². The van der Waals surface area contributed by atoms with E-state index in [2.05, 4.69) is 5.32 Å². The Bertz CT molecular complexity index is 198. The second-order valence-electron chi connectivity index (χ2n) is 3.63. The number of carboxylic acids is 1. The van der Waals surface area contributed by atoms with E-state index in [0.29, 0.717) is 13.2 Å². The van der Waals surface area contributed by atoms with E-state index >= 15 is 0 Å². The van der Waals surface area contributed by atoms with Crippen LogP contribution in [-0.4, -0.2) is 36.9 Å². The third-order valence-corrected chi connectivity index (χ3v) is 3.01. The molecule has 0 bridgehead atoms. The molecule has 68 valence electrons. The molecular formula is C8H13NO3. The van der Waals surface area contributed by atoms with E-state index < -0.39 is 5.97 Å². The summed E-state index contributed by atoms with van der Waals surface area (Å²) in [5.74, 6) is -0.719. The minimum Gasteiger partial charge on any atom is -0.480 e. The van der Waals surface area contributed by atoms with Gasteiger partial charge in [-0.2, -0.15) is 0 Å². The first-order valence-corrected chi connectivity index (χ1v) is 4.29. The van der Waals surface area contributed by atoms with Crippen LogP contribution in [-0.2, 0) is 9.53 Å². The number of carboxylic acid groups (broad SMARTS) is 1. The van der Waals surface area contributed by atoms with Crippen LogP contribution in [0.15, 0.2) is 0 Å². The number of hydrogen-bond acceptors (Lipinski definition) is 3. The number of hydrogen-bond donors (Lipinski definition) is 2. The minimum atomic E-state index is -0.719. The lowest BCUT2D eigenvalue weighted by molar-refractivity contribution is -0.152. The average molecular weight is 171 g/mol. The second-order valence-corrected chi connectivity index (χ2v) is 3.63. The van der Waals surface area contributed by atoms with E-state index in [-0.39, 0.29) is 11.5 Å². The van der Waals surface area contributed by atoms with Crippen molar-refractivity contribution in [3.05, 3.63) is 0 Å². The predicted molar refractivity (Wildman–Crippen MR) is 41.9 cm³/mol. The van der Waals surface area contributed by atoms with Crippen molar-refractivity contribution in [2.45, 2.75) is 18.9 Å². The van der Waals surface area contributed by atoms with Gasteiger partial charge < -0.3 is 15.2 Å². The van der Waals surface area contributed by atoms with E-state index in [0.717, 1.165) is 19.4 Å².